The monoisotopic (exact) mass is 404 g/mol. The molecule has 1 fully saturated rings. The number of amides is 4. The number of benzene rings is 1. The van der Waals surface area contributed by atoms with Gasteiger partial charge < -0.3 is 15.2 Å². The topological polar surface area (TPSA) is 137 Å². The maximum absolute atomic E-state index is 12.7. The van der Waals surface area contributed by atoms with Crippen LogP contribution >= 0.6 is 0 Å². The third-order valence-electron chi connectivity index (χ3n) is 5.32. The van der Waals surface area contributed by atoms with Gasteiger partial charge in [0.2, 0.25) is 11.8 Å². The Morgan fingerprint density at radius 3 is 2.87 bits per heavy atom. The summed E-state index contributed by atoms with van der Waals surface area (Å²) in [6, 6.07) is 5.89. The number of imidazole rings is 1. The van der Waals surface area contributed by atoms with E-state index in [0.717, 1.165) is 5.52 Å². The maximum atomic E-state index is 12.7. The minimum Gasteiger partial charge on any atom is -0.343 e. The zero-order chi connectivity index (χ0) is 20.8. The Morgan fingerprint density at radius 2 is 2.03 bits per heavy atom. The van der Waals surface area contributed by atoms with Gasteiger partial charge in [-0.3, -0.25) is 24.5 Å². The molecule has 150 valence electrons. The van der Waals surface area contributed by atoms with Gasteiger partial charge in [-0.15, -0.1) is 0 Å². The molecule has 5 rings (SSSR count). The van der Waals surface area contributed by atoms with Crippen molar-refractivity contribution in [3.8, 4) is 0 Å². The molecule has 3 N–H and O–H groups in total. The highest BCUT2D eigenvalue weighted by Gasteiger charge is 2.39. The average molecular weight is 404 g/mol. The molecule has 2 aromatic heterocycles. The second kappa shape index (κ2) is 6.76. The Labute approximate surface area is 169 Å². The summed E-state index contributed by atoms with van der Waals surface area (Å²) in [5.41, 5.74) is 3.29. The molecule has 0 radical (unpaired) electrons. The van der Waals surface area contributed by atoms with Gasteiger partial charge in [-0.25, -0.2) is 9.97 Å². The Kier molecular flexibility index (Phi) is 4.05. The van der Waals surface area contributed by atoms with Crippen LogP contribution in [0.3, 0.4) is 0 Å². The third kappa shape index (κ3) is 2.98. The number of anilines is 1. The molecule has 4 heterocycles. The minimum absolute atomic E-state index is 0.200. The highest BCUT2D eigenvalue weighted by molar-refractivity contribution is 6.07. The van der Waals surface area contributed by atoms with E-state index < -0.39 is 17.9 Å². The Balaban J connectivity index is 1.34. The number of carbonyl (C=O) groups is 4. The van der Waals surface area contributed by atoms with E-state index in [9.17, 15) is 19.2 Å². The number of fused-ring (bicyclic) bond motifs is 2. The van der Waals surface area contributed by atoms with Crippen molar-refractivity contribution in [2.75, 3.05) is 5.32 Å². The number of H-pyrrole nitrogens is 1. The number of nitrogens with zero attached hydrogens (tertiary/aromatic N) is 3. The van der Waals surface area contributed by atoms with Crippen molar-refractivity contribution in [1.29, 1.82) is 0 Å². The molecule has 0 aliphatic carbocycles. The summed E-state index contributed by atoms with van der Waals surface area (Å²) in [6.07, 6.45) is 3.57. The molecule has 1 saturated heterocycles. The molecule has 1 atom stereocenters. The van der Waals surface area contributed by atoms with Crippen molar-refractivity contribution in [3.05, 3.63) is 53.6 Å². The van der Waals surface area contributed by atoms with Crippen LogP contribution in [0.2, 0.25) is 0 Å². The normalized spacial score (nSPS) is 18.5. The molecule has 10 heteroatoms. The molecular weight excluding hydrogens is 388 g/mol. The number of aromatic amines is 1. The van der Waals surface area contributed by atoms with E-state index in [1.54, 1.807) is 24.3 Å². The molecular formula is C20H16N6O4. The van der Waals surface area contributed by atoms with Crippen molar-refractivity contribution in [3.63, 3.8) is 0 Å². The molecule has 1 aromatic carbocycles. The first-order valence-corrected chi connectivity index (χ1v) is 9.37. The summed E-state index contributed by atoms with van der Waals surface area (Å²) in [6.45, 7) is 0.238. The summed E-state index contributed by atoms with van der Waals surface area (Å²) in [7, 11) is 0. The summed E-state index contributed by atoms with van der Waals surface area (Å²) in [5, 5.41) is 5.05. The first-order chi connectivity index (χ1) is 14.5. The first-order valence-electron chi connectivity index (χ1n) is 9.37. The van der Waals surface area contributed by atoms with Gasteiger partial charge in [0.25, 0.3) is 11.8 Å². The highest BCUT2D eigenvalue weighted by Crippen LogP contribution is 2.29. The van der Waals surface area contributed by atoms with Gasteiger partial charge in [-0.2, -0.15) is 0 Å². The lowest BCUT2D eigenvalue weighted by Crippen LogP contribution is -2.52. The number of piperidine rings is 1. The maximum Gasteiger partial charge on any atom is 0.274 e. The predicted octanol–water partition coefficient (Wildman–Crippen LogP) is 0.971. The zero-order valence-electron chi connectivity index (χ0n) is 15.6. The van der Waals surface area contributed by atoms with Gasteiger partial charge in [0, 0.05) is 24.2 Å². The zero-order valence-corrected chi connectivity index (χ0v) is 15.6. The van der Waals surface area contributed by atoms with Crippen molar-refractivity contribution in [2.45, 2.75) is 25.4 Å². The van der Waals surface area contributed by atoms with Gasteiger partial charge in [0.15, 0.2) is 0 Å². The quantitative estimate of drug-likeness (QED) is 0.556. The van der Waals surface area contributed by atoms with Gasteiger partial charge in [0.1, 0.15) is 11.7 Å². The number of nitrogens with one attached hydrogen (secondary N) is 3. The number of pyridine rings is 1. The first kappa shape index (κ1) is 18.0. The minimum atomic E-state index is -0.676. The second-order valence-electron chi connectivity index (χ2n) is 7.22. The predicted molar refractivity (Wildman–Crippen MR) is 104 cm³/mol. The SMILES string of the molecule is O=C1CCC(N2Cc3cc(NC(=O)c4cc5nc[nH]c5cn4)ccc3C2=O)C(=O)N1. The van der Waals surface area contributed by atoms with Crippen LogP contribution in [0.25, 0.3) is 11.0 Å². The highest BCUT2D eigenvalue weighted by atomic mass is 16.2. The molecule has 10 nitrogen and oxygen atoms in total. The summed E-state index contributed by atoms with van der Waals surface area (Å²) < 4.78 is 0. The Morgan fingerprint density at radius 1 is 1.17 bits per heavy atom. The van der Waals surface area contributed by atoms with Crippen molar-refractivity contribution >= 4 is 40.3 Å². The van der Waals surface area contributed by atoms with Crippen LogP contribution in [0.4, 0.5) is 5.69 Å². The van der Waals surface area contributed by atoms with Gasteiger partial charge in [0.05, 0.1) is 23.6 Å². The summed E-state index contributed by atoms with van der Waals surface area (Å²) in [4.78, 5) is 61.4. The second-order valence-corrected chi connectivity index (χ2v) is 7.22. The molecule has 3 aromatic rings. The number of aromatic nitrogens is 3. The van der Waals surface area contributed by atoms with Crippen LogP contribution in [-0.2, 0) is 16.1 Å². The average Bonchev–Trinajstić information content (AvgIpc) is 3.32. The Bertz CT molecular complexity index is 1230. The summed E-state index contributed by atoms with van der Waals surface area (Å²) >= 11 is 0. The van der Waals surface area contributed by atoms with Crippen LogP contribution < -0.4 is 10.6 Å². The van der Waals surface area contributed by atoms with Crippen LogP contribution in [0.5, 0.6) is 0 Å². The largest absolute Gasteiger partial charge is 0.343 e. The fourth-order valence-electron chi connectivity index (χ4n) is 3.81. The molecule has 30 heavy (non-hydrogen) atoms. The van der Waals surface area contributed by atoms with E-state index in [-0.39, 0.29) is 30.5 Å². The van der Waals surface area contributed by atoms with E-state index >= 15 is 0 Å². The van der Waals surface area contributed by atoms with E-state index in [2.05, 4.69) is 25.6 Å². The van der Waals surface area contributed by atoms with Crippen LogP contribution in [0.15, 0.2) is 36.8 Å². The molecule has 2 aliphatic heterocycles. The lowest BCUT2D eigenvalue weighted by Gasteiger charge is -2.29. The molecule has 4 amide bonds. The van der Waals surface area contributed by atoms with Crippen molar-refractivity contribution < 1.29 is 19.2 Å². The van der Waals surface area contributed by atoms with Crippen LogP contribution in [0, 0.1) is 0 Å². The summed E-state index contributed by atoms with van der Waals surface area (Å²) in [5.74, 6) is -1.44. The number of hydrogen-bond acceptors (Lipinski definition) is 6. The number of imide groups is 1. The fraction of sp³-hybridized carbons (Fsp3) is 0.200. The van der Waals surface area contributed by atoms with Crippen LogP contribution in [0.1, 0.15) is 39.3 Å². The molecule has 1 unspecified atom stereocenters. The number of hydrogen-bond donors (Lipinski definition) is 3. The van der Waals surface area contributed by atoms with Gasteiger partial charge in [-0.1, -0.05) is 0 Å². The molecule has 0 saturated carbocycles. The van der Waals surface area contributed by atoms with E-state index in [4.69, 9.17) is 0 Å². The Hall–Kier alpha value is -4.08. The third-order valence-corrected chi connectivity index (χ3v) is 5.32. The molecule has 2 aliphatic rings. The van der Waals surface area contributed by atoms with Gasteiger partial charge >= 0.3 is 0 Å². The number of carbonyl (C=O) groups excluding carboxylic acids is 4. The molecule has 0 bridgehead atoms. The van der Waals surface area contributed by atoms with Crippen molar-refractivity contribution in [1.82, 2.24) is 25.2 Å². The van der Waals surface area contributed by atoms with Crippen molar-refractivity contribution in [2.24, 2.45) is 0 Å². The number of rotatable bonds is 3. The van der Waals surface area contributed by atoms with E-state index in [0.29, 0.717) is 28.8 Å². The smallest absolute Gasteiger partial charge is 0.274 e. The molecule has 0 spiro atoms. The van der Waals surface area contributed by atoms with E-state index in [1.807, 2.05) is 0 Å². The van der Waals surface area contributed by atoms with E-state index in [1.165, 1.54) is 17.4 Å². The van der Waals surface area contributed by atoms with Crippen LogP contribution in [-0.4, -0.2) is 49.5 Å². The standard InChI is InChI=1S/C20H16N6O4/c27-17-4-3-16(19(29)25-17)26-8-10-5-11(1-2-12(10)20(26)30)24-18(28)14-6-13-15(7-21-14)23-9-22-13/h1-2,5-7,9,16H,3-4,8H2,(H,22,23)(H,24,28)(H,25,27,29). The fourth-order valence-corrected chi connectivity index (χ4v) is 3.81. The van der Waals surface area contributed by atoms with Gasteiger partial charge in [-0.05, 0) is 36.2 Å². The lowest BCUT2D eigenvalue weighted by atomic mass is 10.0. The lowest BCUT2D eigenvalue weighted by molar-refractivity contribution is -0.136.